The lowest BCUT2D eigenvalue weighted by molar-refractivity contribution is 0.257. The first-order valence-corrected chi connectivity index (χ1v) is 7.17. The summed E-state index contributed by atoms with van der Waals surface area (Å²) in [6, 6.07) is 0.484. The van der Waals surface area contributed by atoms with Crippen LogP contribution < -0.4 is 5.73 Å². The van der Waals surface area contributed by atoms with Crippen LogP contribution in [0.4, 0.5) is 0 Å². The SMILES string of the molecule is CCC(N)=C(C)C(=NC1CCN(C)CC1)C(C)C. The van der Waals surface area contributed by atoms with Gasteiger partial charge in [0.15, 0.2) is 0 Å². The molecule has 3 nitrogen and oxygen atoms in total. The van der Waals surface area contributed by atoms with Crippen LogP contribution >= 0.6 is 0 Å². The molecule has 0 aromatic carbocycles. The summed E-state index contributed by atoms with van der Waals surface area (Å²) in [5.41, 5.74) is 9.47. The van der Waals surface area contributed by atoms with Crippen molar-refractivity contribution >= 4 is 5.71 Å². The van der Waals surface area contributed by atoms with Gasteiger partial charge in [-0.15, -0.1) is 0 Å². The monoisotopic (exact) mass is 251 g/mol. The first kappa shape index (κ1) is 15.2. The number of rotatable bonds is 4. The van der Waals surface area contributed by atoms with Crippen LogP contribution in [0.25, 0.3) is 0 Å². The predicted molar refractivity (Wildman–Crippen MR) is 80.0 cm³/mol. The molecule has 0 unspecified atom stereocenters. The van der Waals surface area contributed by atoms with Crippen molar-refractivity contribution in [3.63, 3.8) is 0 Å². The van der Waals surface area contributed by atoms with Crippen molar-refractivity contribution < 1.29 is 0 Å². The van der Waals surface area contributed by atoms with Crippen molar-refractivity contribution in [1.82, 2.24) is 4.90 Å². The van der Waals surface area contributed by atoms with Gasteiger partial charge in [-0.25, -0.2) is 0 Å². The van der Waals surface area contributed by atoms with Gasteiger partial charge in [0.1, 0.15) is 0 Å². The molecular weight excluding hydrogens is 222 g/mol. The molecule has 0 amide bonds. The highest BCUT2D eigenvalue weighted by atomic mass is 15.1. The summed E-state index contributed by atoms with van der Waals surface area (Å²) in [4.78, 5) is 7.37. The number of nitrogens with two attached hydrogens (primary N) is 1. The van der Waals surface area contributed by atoms with Crippen LogP contribution in [-0.4, -0.2) is 36.8 Å². The van der Waals surface area contributed by atoms with Crippen molar-refractivity contribution in [1.29, 1.82) is 0 Å². The van der Waals surface area contributed by atoms with Gasteiger partial charge in [-0.3, -0.25) is 4.99 Å². The molecule has 0 spiro atoms. The number of nitrogens with zero attached hydrogens (tertiary/aromatic N) is 2. The fourth-order valence-electron chi connectivity index (χ4n) is 2.43. The van der Waals surface area contributed by atoms with Gasteiger partial charge in [-0.2, -0.15) is 0 Å². The number of allylic oxidation sites excluding steroid dienone is 2. The van der Waals surface area contributed by atoms with E-state index in [0.717, 1.165) is 25.2 Å². The van der Waals surface area contributed by atoms with E-state index in [2.05, 4.69) is 39.6 Å². The molecule has 18 heavy (non-hydrogen) atoms. The molecule has 0 atom stereocenters. The Bertz CT molecular complexity index is 321. The highest BCUT2D eigenvalue weighted by Gasteiger charge is 2.18. The third-order valence-electron chi connectivity index (χ3n) is 3.80. The summed E-state index contributed by atoms with van der Waals surface area (Å²) >= 11 is 0. The maximum atomic E-state index is 6.07. The van der Waals surface area contributed by atoms with E-state index < -0.39 is 0 Å². The van der Waals surface area contributed by atoms with E-state index in [-0.39, 0.29) is 0 Å². The lowest BCUT2D eigenvalue weighted by Crippen LogP contribution is -2.33. The minimum absolute atomic E-state index is 0.453. The van der Waals surface area contributed by atoms with Crippen LogP contribution in [0.2, 0.25) is 0 Å². The summed E-state index contributed by atoms with van der Waals surface area (Å²) in [6.07, 6.45) is 3.25. The molecule has 1 saturated heterocycles. The summed E-state index contributed by atoms with van der Waals surface area (Å²) in [7, 11) is 2.18. The lowest BCUT2D eigenvalue weighted by atomic mass is 9.97. The van der Waals surface area contributed by atoms with Crippen LogP contribution in [0.3, 0.4) is 0 Å². The number of aliphatic imine (C=N–C) groups is 1. The number of hydrogen-bond donors (Lipinski definition) is 1. The molecule has 0 aromatic heterocycles. The van der Waals surface area contributed by atoms with Crippen molar-refractivity contribution in [2.75, 3.05) is 20.1 Å². The Morgan fingerprint density at radius 3 is 2.33 bits per heavy atom. The number of hydrogen-bond acceptors (Lipinski definition) is 3. The van der Waals surface area contributed by atoms with Gasteiger partial charge in [0, 0.05) is 11.4 Å². The zero-order valence-electron chi connectivity index (χ0n) is 12.7. The Kier molecular flexibility index (Phi) is 5.86. The molecule has 1 rings (SSSR count). The van der Waals surface area contributed by atoms with Crippen molar-refractivity contribution in [3.8, 4) is 0 Å². The van der Waals surface area contributed by atoms with E-state index in [1.807, 2.05) is 0 Å². The Labute approximate surface area is 112 Å². The second kappa shape index (κ2) is 6.93. The van der Waals surface area contributed by atoms with Crippen LogP contribution in [0, 0.1) is 5.92 Å². The highest BCUT2D eigenvalue weighted by Crippen LogP contribution is 2.18. The first-order chi connectivity index (χ1) is 8.45. The maximum Gasteiger partial charge on any atom is 0.0527 e. The van der Waals surface area contributed by atoms with Gasteiger partial charge in [-0.1, -0.05) is 20.8 Å². The van der Waals surface area contributed by atoms with Crippen molar-refractivity contribution in [3.05, 3.63) is 11.3 Å². The molecule has 1 fully saturated rings. The van der Waals surface area contributed by atoms with Gasteiger partial charge in [0.2, 0.25) is 0 Å². The molecule has 1 aliphatic rings. The maximum absolute atomic E-state index is 6.07. The third kappa shape index (κ3) is 4.13. The fraction of sp³-hybridized carbons (Fsp3) is 0.800. The Morgan fingerprint density at radius 2 is 1.89 bits per heavy atom. The zero-order valence-corrected chi connectivity index (χ0v) is 12.7. The average Bonchev–Trinajstić information content (AvgIpc) is 2.36. The zero-order chi connectivity index (χ0) is 13.7. The first-order valence-electron chi connectivity index (χ1n) is 7.17. The Morgan fingerprint density at radius 1 is 1.33 bits per heavy atom. The van der Waals surface area contributed by atoms with E-state index >= 15 is 0 Å². The van der Waals surface area contributed by atoms with Crippen LogP contribution in [0.1, 0.15) is 47.0 Å². The van der Waals surface area contributed by atoms with E-state index in [0.29, 0.717) is 12.0 Å². The van der Waals surface area contributed by atoms with Crippen molar-refractivity contribution in [2.24, 2.45) is 16.6 Å². The average molecular weight is 251 g/mol. The van der Waals surface area contributed by atoms with E-state index in [1.54, 1.807) is 0 Å². The second-order valence-electron chi connectivity index (χ2n) is 5.71. The smallest absolute Gasteiger partial charge is 0.0527 e. The van der Waals surface area contributed by atoms with Crippen LogP contribution in [0.15, 0.2) is 16.3 Å². The predicted octanol–water partition coefficient (Wildman–Crippen LogP) is 2.82. The highest BCUT2D eigenvalue weighted by molar-refractivity contribution is 6.01. The molecule has 0 aliphatic carbocycles. The van der Waals surface area contributed by atoms with Gasteiger partial charge in [-0.05, 0) is 57.8 Å². The number of piperidine rings is 1. The lowest BCUT2D eigenvalue weighted by Gasteiger charge is -2.28. The van der Waals surface area contributed by atoms with Gasteiger partial charge in [0.25, 0.3) is 0 Å². The van der Waals surface area contributed by atoms with Gasteiger partial charge < -0.3 is 10.6 Å². The molecule has 104 valence electrons. The van der Waals surface area contributed by atoms with E-state index in [1.165, 1.54) is 24.1 Å². The summed E-state index contributed by atoms with van der Waals surface area (Å²) in [6.45, 7) is 11.0. The number of likely N-dealkylation sites (tertiary alicyclic amines) is 1. The normalized spacial score (nSPS) is 21.3. The minimum atomic E-state index is 0.453. The molecule has 1 heterocycles. The van der Waals surface area contributed by atoms with Crippen LogP contribution in [-0.2, 0) is 0 Å². The molecule has 1 aliphatic heterocycles. The minimum Gasteiger partial charge on any atom is -0.402 e. The molecule has 0 bridgehead atoms. The van der Waals surface area contributed by atoms with E-state index in [4.69, 9.17) is 10.7 Å². The van der Waals surface area contributed by atoms with Crippen molar-refractivity contribution in [2.45, 2.75) is 53.0 Å². The Hall–Kier alpha value is -0.830. The third-order valence-corrected chi connectivity index (χ3v) is 3.80. The Balaban J connectivity index is 2.85. The molecule has 2 N–H and O–H groups in total. The standard InChI is InChI=1S/C15H29N3/c1-6-14(16)12(4)15(11(2)3)17-13-7-9-18(5)10-8-13/h11,13H,6-10,16H2,1-5H3. The second-order valence-corrected chi connectivity index (χ2v) is 5.71. The molecular formula is C15H29N3. The largest absolute Gasteiger partial charge is 0.402 e. The van der Waals surface area contributed by atoms with E-state index in [9.17, 15) is 0 Å². The quantitative estimate of drug-likeness (QED) is 0.781. The summed E-state index contributed by atoms with van der Waals surface area (Å²) in [5.74, 6) is 0.453. The molecule has 3 heteroatoms. The molecule has 0 saturated carbocycles. The molecule has 0 aromatic rings. The van der Waals surface area contributed by atoms with Gasteiger partial charge >= 0.3 is 0 Å². The topological polar surface area (TPSA) is 41.6 Å². The fourth-order valence-corrected chi connectivity index (χ4v) is 2.43. The van der Waals surface area contributed by atoms with Gasteiger partial charge in [0.05, 0.1) is 6.04 Å². The summed E-state index contributed by atoms with van der Waals surface area (Å²) in [5, 5.41) is 0. The summed E-state index contributed by atoms with van der Waals surface area (Å²) < 4.78 is 0. The van der Waals surface area contributed by atoms with Crippen LogP contribution in [0.5, 0.6) is 0 Å². The molecule has 0 radical (unpaired) electrons.